The molecule has 2 N–H and O–H groups in total. The number of carbonyl (C=O) groups excluding carboxylic acids is 1. The molecule has 1 aliphatic carbocycles. The Balaban J connectivity index is 1.96. The van der Waals surface area contributed by atoms with Crippen molar-refractivity contribution in [2.45, 2.75) is 39.2 Å². The molecule has 1 amide bonds. The smallest absolute Gasteiger partial charge is 0.267 e. The van der Waals surface area contributed by atoms with E-state index < -0.39 is 0 Å². The topological polar surface area (TPSA) is 54.3 Å². The Morgan fingerprint density at radius 1 is 1.58 bits per heavy atom. The molecule has 5 heteroatoms. The lowest BCUT2D eigenvalue weighted by molar-refractivity contribution is 0.0931. The summed E-state index contributed by atoms with van der Waals surface area (Å²) < 4.78 is 2.91. The predicted octanol–water partition coefficient (Wildman–Crippen LogP) is 2.55. The van der Waals surface area contributed by atoms with Gasteiger partial charge in [0.1, 0.15) is 5.69 Å². The molecule has 1 heterocycles. The molecule has 1 aromatic rings. The van der Waals surface area contributed by atoms with Crippen LogP contribution in [0.3, 0.4) is 0 Å². The van der Waals surface area contributed by atoms with Crippen LogP contribution in [0, 0.1) is 5.41 Å². The number of aliphatic hydroxyl groups is 1. The van der Waals surface area contributed by atoms with Crippen molar-refractivity contribution in [2.24, 2.45) is 5.41 Å². The Bertz CT molecular complexity index is 452. The quantitative estimate of drug-likeness (QED) is 0.808. The molecule has 106 valence electrons. The summed E-state index contributed by atoms with van der Waals surface area (Å²) >= 11 is 3.42. The lowest BCUT2D eigenvalue weighted by atomic mass is 10.0. The predicted molar refractivity (Wildman–Crippen MR) is 78.1 cm³/mol. The molecule has 1 aromatic heterocycles. The van der Waals surface area contributed by atoms with Gasteiger partial charge >= 0.3 is 0 Å². The van der Waals surface area contributed by atoms with E-state index >= 15 is 0 Å². The van der Waals surface area contributed by atoms with Crippen molar-refractivity contribution < 1.29 is 9.90 Å². The first kappa shape index (κ1) is 14.6. The number of amides is 1. The highest BCUT2D eigenvalue weighted by molar-refractivity contribution is 9.10. The van der Waals surface area contributed by atoms with Crippen molar-refractivity contribution in [3.63, 3.8) is 0 Å². The van der Waals surface area contributed by atoms with Crippen LogP contribution in [-0.4, -0.2) is 28.7 Å². The van der Waals surface area contributed by atoms with Gasteiger partial charge in [0.05, 0.1) is 0 Å². The van der Waals surface area contributed by atoms with Crippen LogP contribution in [0.1, 0.15) is 43.1 Å². The number of hydrogen-bond acceptors (Lipinski definition) is 2. The molecule has 2 rings (SSSR count). The SMILES string of the molecule is CCCn1cc(Br)cc1C(=O)NCC1(CCO)CC1. The third kappa shape index (κ3) is 3.60. The Morgan fingerprint density at radius 3 is 2.89 bits per heavy atom. The maximum absolute atomic E-state index is 12.2. The number of rotatable bonds is 7. The van der Waals surface area contributed by atoms with E-state index in [4.69, 9.17) is 5.11 Å². The largest absolute Gasteiger partial charge is 0.396 e. The van der Waals surface area contributed by atoms with E-state index in [-0.39, 0.29) is 17.9 Å². The monoisotopic (exact) mass is 328 g/mol. The van der Waals surface area contributed by atoms with Crippen molar-refractivity contribution >= 4 is 21.8 Å². The number of nitrogens with one attached hydrogen (secondary N) is 1. The van der Waals surface area contributed by atoms with E-state index in [2.05, 4.69) is 28.2 Å². The summed E-state index contributed by atoms with van der Waals surface area (Å²) in [6, 6.07) is 1.86. The molecule has 1 saturated carbocycles. The Labute approximate surface area is 122 Å². The van der Waals surface area contributed by atoms with Crippen LogP contribution in [0.2, 0.25) is 0 Å². The minimum atomic E-state index is -0.0247. The normalized spacial score (nSPS) is 16.4. The average Bonchev–Trinajstić information content (AvgIpc) is 3.04. The van der Waals surface area contributed by atoms with Crippen LogP contribution >= 0.6 is 15.9 Å². The summed E-state index contributed by atoms with van der Waals surface area (Å²) in [5.74, 6) is -0.0247. The van der Waals surface area contributed by atoms with E-state index in [1.165, 1.54) is 0 Å². The zero-order valence-electron chi connectivity index (χ0n) is 11.3. The molecule has 0 bridgehead atoms. The van der Waals surface area contributed by atoms with Gasteiger partial charge in [0.15, 0.2) is 0 Å². The lowest BCUT2D eigenvalue weighted by Crippen LogP contribution is -2.32. The van der Waals surface area contributed by atoms with Crippen molar-refractivity contribution in [2.75, 3.05) is 13.2 Å². The number of hydrogen-bond donors (Lipinski definition) is 2. The third-order valence-corrected chi connectivity index (χ3v) is 4.22. The fourth-order valence-electron chi connectivity index (χ4n) is 2.38. The molecule has 0 spiro atoms. The Kier molecular flexibility index (Phi) is 4.68. The van der Waals surface area contributed by atoms with E-state index in [0.717, 1.165) is 36.7 Å². The fraction of sp³-hybridized carbons (Fsp3) is 0.643. The van der Waals surface area contributed by atoms with Gasteiger partial charge < -0.3 is 15.0 Å². The van der Waals surface area contributed by atoms with E-state index in [1.54, 1.807) is 0 Å². The standard InChI is InChI=1S/C14H21BrN2O2/c1-2-6-17-9-11(15)8-12(17)13(19)16-10-14(3-4-14)5-7-18/h8-9,18H,2-7,10H2,1H3,(H,16,19). The molecule has 4 nitrogen and oxygen atoms in total. The van der Waals surface area contributed by atoms with Gasteiger partial charge in [-0.1, -0.05) is 6.92 Å². The Hall–Kier alpha value is -0.810. The zero-order chi connectivity index (χ0) is 13.9. The highest BCUT2D eigenvalue weighted by Crippen LogP contribution is 2.47. The van der Waals surface area contributed by atoms with E-state index in [9.17, 15) is 4.79 Å². The summed E-state index contributed by atoms with van der Waals surface area (Å²) in [6.45, 7) is 3.81. The Morgan fingerprint density at radius 2 is 2.32 bits per heavy atom. The van der Waals surface area contributed by atoms with Crippen molar-refractivity contribution in [3.05, 3.63) is 22.4 Å². The van der Waals surface area contributed by atoms with Gasteiger partial charge in [-0.05, 0) is 53.1 Å². The van der Waals surface area contributed by atoms with Gasteiger partial charge in [0.2, 0.25) is 0 Å². The van der Waals surface area contributed by atoms with Crippen molar-refractivity contribution in [3.8, 4) is 0 Å². The van der Waals surface area contributed by atoms with Gasteiger partial charge in [0, 0.05) is 30.4 Å². The van der Waals surface area contributed by atoms with Crippen LogP contribution in [-0.2, 0) is 6.54 Å². The number of carbonyl (C=O) groups is 1. The molecule has 0 unspecified atom stereocenters. The maximum atomic E-state index is 12.2. The average molecular weight is 329 g/mol. The molecule has 1 aliphatic rings. The molecular formula is C14H21BrN2O2. The van der Waals surface area contributed by atoms with Crippen LogP contribution < -0.4 is 5.32 Å². The van der Waals surface area contributed by atoms with Gasteiger partial charge in [-0.25, -0.2) is 0 Å². The van der Waals surface area contributed by atoms with Gasteiger partial charge in [-0.3, -0.25) is 4.79 Å². The van der Waals surface area contributed by atoms with E-state index in [0.29, 0.717) is 12.2 Å². The molecule has 0 aromatic carbocycles. The number of aliphatic hydroxyl groups excluding tert-OH is 1. The first-order valence-corrected chi connectivity index (χ1v) is 7.64. The molecular weight excluding hydrogens is 308 g/mol. The second-order valence-corrected chi connectivity index (χ2v) is 6.31. The number of halogens is 1. The van der Waals surface area contributed by atoms with Gasteiger partial charge in [0.25, 0.3) is 5.91 Å². The summed E-state index contributed by atoms with van der Waals surface area (Å²) in [6.07, 6.45) is 5.93. The molecule has 0 saturated heterocycles. The molecule has 1 fully saturated rings. The zero-order valence-corrected chi connectivity index (χ0v) is 12.9. The fourth-order valence-corrected chi connectivity index (χ4v) is 2.84. The highest BCUT2D eigenvalue weighted by Gasteiger charge is 2.42. The summed E-state index contributed by atoms with van der Waals surface area (Å²) in [5.41, 5.74) is 0.859. The summed E-state index contributed by atoms with van der Waals surface area (Å²) in [5, 5.41) is 12.0. The summed E-state index contributed by atoms with van der Waals surface area (Å²) in [4.78, 5) is 12.2. The molecule has 19 heavy (non-hydrogen) atoms. The minimum absolute atomic E-state index is 0.0247. The maximum Gasteiger partial charge on any atom is 0.267 e. The van der Waals surface area contributed by atoms with Gasteiger partial charge in [-0.15, -0.1) is 0 Å². The van der Waals surface area contributed by atoms with Crippen molar-refractivity contribution in [1.29, 1.82) is 0 Å². The number of aryl methyl sites for hydroxylation is 1. The first-order valence-electron chi connectivity index (χ1n) is 6.85. The molecule has 0 aliphatic heterocycles. The number of nitrogens with zero attached hydrogens (tertiary/aromatic N) is 1. The van der Waals surface area contributed by atoms with Crippen LogP contribution in [0.4, 0.5) is 0 Å². The second kappa shape index (κ2) is 6.09. The van der Waals surface area contributed by atoms with Gasteiger partial charge in [-0.2, -0.15) is 0 Å². The minimum Gasteiger partial charge on any atom is -0.396 e. The molecule has 0 radical (unpaired) electrons. The third-order valence-electron chi connectivity index (χ3n) is 3.78. The number of aromatic nitrogens is 1. The van der Waals surface area contributed by atoms with E-state index in [1.807, 2.05) is 16.8 Å². The molecule has 0 atom stereocenters. The summed E-state index contributed by atoms with van der Waals surface area (Å²) in [7, 11) is 0. The van der Waals surface area contributed by atoms with Crippen LogP contribution in [0.25, 0.3) is 0 Å². The second-order valence-electron chi connectivity index (χ2n) is 5.39. The van der Waals surface area contributed by atoms with Crippen LogP contribution in [0.5, 0.6) is 0 Å². The first-order chi connectivity index (χ1) is 9.10. The van der Waals surface area contributed by atoms with Crippen LogP contribution in [0.15, 0.2) is 16.7 Å². The van der Waals surface area contributed by atoms with Crippen molar-refractivity contribution in [1.82, 2.24) is 9.88 Å². The lowest BCUT2D eigenvalue weighted by Gasteiger charge is -2.15. The highest BCUT2D eigenvalue weighted by atomic mass is 79.9.